The van der Waals surface area contributed by atoms with Crippen molar-refractivity contribution < 1.29 is 4.74 Å². The van der Waals surface area contributed by atoms with Gasteiger partial charge in [-0.2, -0.15) is 5.26 Å². The number of anilines is 1. The van der Waals surface area contributed by atoms with Crippen molar-refractivity contribution in [1.82, 2.24) is 9.97 Å². The SMILES string of the molecule is N#Cc1ncc(Br)c(NC2CCOCC2)n1. The normalized spacial score (nSPS) is 16.8. The first kappa shape index (κ1) is 11.3. The van der Waals surface area contributed by atoms with Crippen molar-refractivity contribution in [3.8, 4) is 6.07 Å². The molecule has 1 aromatic rings. The summed E-state index contributed by atoms with van der Waals surface area (Å²) in [6, 6.07) is 2.28. The summed E-state index contributed by atoms with van der Waals surface area (Å²) in [5, 5.41) is 12.0. The fourth-order valence-electron chi connectivity index (χ4n) is 1.56. The van der Waals surface area contributed by atoms with E-state index in [0.717, 1.165) is 30.5 Å². The van der Waals surface area contributed by atoms with Gasteiger partial charge in [0, 0.05) is 25.5 Å². The first-order chi connectivity index (χ1) is 7.79. The first-order valence-electron chi connectivity index (χ1n) is 5.06. The highest BCUT2D eigenvalue weighted by atomic mass is 79.9. The second-order valence-corrected chi connectivity index (χ2v) is 4.39. The minimum Gasteiger partial charge on any atom is -0.381 e. The van der Waals surface area contributed by atoms with Crippen molar-refractivity contribution in [1.29, 1.82) is 5.26 Å². The van der Waals surface area contributed by atoms with E-state index in [9.17, 15) is 0 Å². The van der Waals surface area contributed by atoms with Crippen LogP contribution in [-0.2, 0) is 4.74 Å². The van der Waals surface area contributed by atoms with Gasteiger partial charge >= 0.3 is 0 Å². The van der Waals surface area contributed by atoms with Crippen molar-refractivity contribution >= 4 is 21.7 Å². The number of nitrogens with zero attached hydrogens (tertiary/aromatic N) is 3. The Morgan fingerprint density at radius 3 is 2.94 bits per heavy atom. The summed E-state index contributed by atoms with van der Waals surface area (Å²) in [5.74, 6) is 0.858. The summed E-state index contributed by atoms with van der Waals surface area (Å²) in [4.78, 5) is 7.98. The lowest BCUT2D eigenvalue weighted by molar-refractivity contribution is 0.0903. The van der Waals surface area contributed by atoms with E-state index < -0.39 is 0 Å². The smallest absolute Gasteiger partial charge is 0.234 e. The van der Waals surface area contributed by atoms with Gasteiger partial charge in [0.2, 0.25) is 5.82 Å². The maximum Gasteiger partial charge on any atom is 0.234 e. The Bertz CT molecular complexity index is 412. The molecule has 0 radical (unpaired) electrons. The van der Waals surface area contributed by atoms with Gasteiger partial charge in [-0.05, 0) is 28.8 Å². The van der Waals surface area contributed by atoms with Crippen molar-refractivity contribution in [2.24, 2.45) is 0 Å². The van der Waals surface area contributed by atoms with Gasteiger partial charge < -0.3 is 10.1 Å². The third-order valence-electron chi connectivity index (χ3n) is 2.41. The molecule has 6 heteroatoms. The van der Waals surface area contributed by atoms with Gasteiger partial charge in [0.25, 0.3) is 0 Å². The summed E-state index contributed by atoms with van der Waals surface area (Å²) < 4.78 is 6.05. The average Bonchev–Trinajstić information content (AvgIpc) is 2.33. The molecule has 84 valence electrons. The quantitative estimate of drug-likeness (QED) is 0.894. The highest BCUT2D eigenvalue weighted by Gasteiger charge is 2.15. The minimum absolute atomic E-state index is 0.178. The number of ether oxygens (including phenoxy) is 1. The molecule has 5 nitrogen and oxygen atoms in total. The Morgan fingerprint density at radius 1 is 1.50 bits per heavy atom. The molecule has 0 saturated carbocycles. The Balaban J connectivity index is 2.10. The molecule has 1 aliphatic rings. The minimum atomic E-state index is 0.178. The van der Waals surface area contributed by atoms with Gasteiger partial charge in [0.1, 0.15) is 11.9 Å². The zero-order valence-corrected chi connectivity index (χ0v) is 10.2. The van der Waals surface area contributed by atoms with Crippen molar-refractivity contribution in [2.45, 2.75) is 18.9 Å². The Kier molecular flexibility index (Phi) is 3.70. The van der Waals surface area contributed by atoms with Crippen LogP contribution >= 0.6 is 15.9 Å². The third-order valence-corrected chi connectivity index (χ3v) is 2.99. The predicted octanol–water partition coefficient (Wildman–Crippen LogP) is 1.70. The van der Waals surface area contributed by atoms with Crippen LogP contribution in [0.3, 0.4) is 0 Å². The molecular formula is C10H11BrN4O. The maximum absolute atomic E-state index is 8.72. The molecule has 1 saturated heterocycles. The molecule has 2 heterocycles. The second-order valence-electron chi connectivity index (χ2n) is 3.53. The van der Waals surface area contributed by atoms with Crippen LogP contribution in [-0.4, -0.2) is 29.2 Å². The molecule has 0 aliphatic carbocycles. The lowest BCUT2D eigenvalue weighted by Gasteiger charge is -2.23. The average molecular weight is 283 g/mol. The predicted molar refractivity (Wildman–Crippen MR) is 61.9 cm³/mol. The number of hydrogen-bond acceptors (Lipinski definition) is 5. The van der Waals surface area contributed by atoms with Crippen molar-refractivity contribution in [3.63, 3.8) is 0 Å². The zero-order valence-electron chi connectivity index (χ0n) is 8.61. The van der Waals surface area contributed by atoms with E-state index >= 15 is 0 Å². The van der Waals surface area contributed by atoms with Crippen molar-refractivity contribution in [3.05, 3.63) is 16.5 Å². The van der Waals surface area contributed by atoms with Crippen LogP contribution in [0.2, 0.25) is 0 Å². The number of hydrogen-bond donors (Lipinski definition) is 1. The first-order valence-corrected chi connectivity index (χ1v) is 5.86. The Hall–Kier alpha value is -1.19. The van der Waals surface area contributed by atoms with Crippen LogP contribution in [0.5, 0.6) is 0 Å². The molecule has 1 aromatic heterocycles. The van der Waals surface area contributed by atoms with Gasteiger partial charge in [-0.15, -0.1) is 0 Å². The van der Waals surface area contributed by atoms with E-state index in [0.29, 0.717) is 11.9 Å². The number of nitrogens with one attached hydrogen (secondary N) is 1. The van der Waals surface area contributed by atoms with E-state index in [1.807, 2.05) is 6.07 Å². The van der Waals surface area contributed by atoms with Crippen LogP contribution < -0.4 is 5.32 Å². The highest BCUT2D eigenvalue weighted by Crippen LogP contribution is 2.21. The fourth-order valence-corrected chi connectivity index (χ4v) is 1.86. The van der Waals surface area contributed by atoms with Crippen LogP contribution in [0.4, 0.5) is 5.82 Å². The molecule has 0 atom stereocenters. The lowest BCUT2D eigenvalue weighted by Crippen LogP contribution is -2.28. The molecule has 0 unspecified atom stereocenters. The van der Waals surface area contributed by atoms with Gasteiger partial charge in [-0.1, -0.05) is 0 Å². The highest BCUT2D eigenvalue weighted by molar-refractivity contribution is 9.10. The standard InChI is InChI=1S/C10H11BrN4O/c11-8-6-13-9(5-12)15-10(8)14-7-1-3-16-4-2-7/h6-7H,1-4H2,(H,13,14,15). The molecule has 0 bridgehead atoms. The molecule has 0 spiro atoms. The van der Waals surface area contributed by atoms with Crippen LogP contribution in [0.15, 0.2) is 10.7 Å². The molecular weight excluding hydrogens is 272 g/mol. The largest absolute Gasteiger partial charge is 0.381 e. The lowest BCUT2D eigenvalue weighted by atomic mass is 10.1. The fraction of sp³-hybridized carbons (Fsp3) is 0.500. The molecule has 1 N–H and O–H groups in total. The maximum atomic E-state index is 8.72. The van der Waals surface area contributed by atoms with E-state index in [-0.39, 0.29) is 5.82 Å². The van der Waals surface area contributed by atoms with Crippen molar-refractivity contribution in [2.75, 3.05) is 18.5 Å². The molecule has 0 amide bonds. The van der Waals surface area contributed by atoms with E-state index in [4.69, 9.17) is 10.00 Å². The van der Waals surface area contributed by atoms with Gasteiger partial charge in [-0.3, -0.25) is 0 Å². The van der Waals surface area contributed by atoms with Crippen LogP contribution in [0.1, 0.15) is 18.7 Å². The summed E-state index contributed by atoms with van der Waals surface area (Å²) in [6.07, 6.45) is 3.50. The zero-order chi connectivity index (χ0) is 11.4. The van der Waals surface area contributed by atoms with E-state index in [2.05, 4.69) is 31.2 Å². The summed E-state index contributed by atoms with van der Waals surface area (Å²) in [6.45, 7) is 1.54. The molecule has 16 heavy (non-hydrogen) atoms. The van der Waals surface area contributed by atoms with E-state index in [1.54, 1.807) is 6.20 Å². The monoisotopic (exact) mass is 282 g/mol. The Morgan fingerprint density at radius 2 is 2.25 bits per heavy atom. The van der Waals surface area contributed by atoms with Crippen LogP contribution in [0.25, 0.3) is 0 Å². The Labute approximate surface area is 102 Å². The van der Waals surface area contributed by atoms with Gasteiger partial charge in [0.05, 0.1) is 4.47 Å². The van der Waals surface area contributed by atoms with Crippen LogP contribution in [0, 0.1) is 11.3 Å². The molecule has 2 rings (SSSR count). The molecule has 1 fully saturated rings. The second kappa shape index (κ2) is 5.23. The molecule has 1 aliphatic heterocycles. The summed E-state index contributed by atoms with van der Waals surface area (Å²) in [5.41, 5.74) is 0. The van der Waals surface area contributed by atoms with Gasteiger partial charge in [-0.25, -0.2) is 9.97 Å². The third kappa shape index (κ3) is 2.68. The number of rotatable bonds is 2. The van der Waals surface area contributed by atoms with E-state index in [1.165, 1.54) is 0 Å². The number of halogens is 1. The number of nitriles is 1. The summed E-state index contributed by atoms with van der Waals surface area (Å²) in [7, 11) is 0. The van der Waals surface area contributed by atoms with Gasteiger partial charge in [0.15, 0.2) is 0 Å². The number of aromatic nitrogens is 2. The topological polar surface area (TPSA) is 70.8 Å². The molecule has 0 aromatic carbocycles. The summed E-state index contributed by atoms with van der Waals surface area (Å²) >= 11 is 3.36.